The Kier molecular flexibility index (Phi) is 8.87. The summed E-state index contributed by atoms with van der Waals surface area (Å²) in [6, 6.07) is 9.89. The van der Waals surface area contributed by atoms with Crippen LogP contribution in [-0.4, -0.2) is 67.2 Å². The maximum atomic E-state index is 14.2. The molecule has 2 aromatic carbocycles. The van der Waals surface area contributed by atoms with Crippen molar-refractivity contribution in [1.82, 2.24) is 14.9 Å². The number of hydroxylamine groups is 1. The van der Waals surface area contributed by atoms with Crippen LogP contribution in [0.2, 0.25) is 5.02 Å². The molecule has 0 aliphatic carbocycles. The normalized spacial score (nSPS) is 17.4. The van der Waals surface area contributed by atoms with Gasteiger partial charge in [0.1, 0.15) is 23.7 Å². The minimum Gasteiger partial charge on any atom is -0.494 e. The zero-order valence-corrected chi connectivity index (χ0v) is 23.8. The predicted molar refractivity (Wildman–Crippen MR) is 159 cm³/mol. The molecule has 2 aliphatic heterocycles. The average molecular weight is 582 g/mol. The van der Waals surface area contributed by atoms with Crippen LogP contribution < -0.4 is 25.3 Å². The fourth-order valence-electron chi connectivity index (χ4n) is 5.12. The third-order valence-corrected chi connectivity index (χ3v) is 7.71. The number of benzene rings is 2. The van der Waals surface area contributed by atoms with Crippen LogP contribution in [0, 0.1) is 5.82 Å². The highest BCUT2D eigenvalue weighted by atomic mass is 35.5. The van der Waals surface area contributed by atoms with E-state index in [2.05, 4.69) is 43.9 Å². The third kappa shape index (κ3) is 6.22. The van der Waals surface area contributed by atoms with E-state index in [-0.39, 0.29) is 17.0 Å². The molecule has 216 valence electrons. The van der Waals surface area contributed by atoms with Gasteiger partial charge in [-0.2, -0.15) is 0 Å². The van der Waals surface area contributed by atoms with Crippen LogP contribution >= 0.6 is 11.6 Å². The lowest BCUT2D eigenvalue weighted by molar-refractivity contribution is -0.111. The van der Waals surface area contributed by atoms with Crippen LogP contribution in [0.3, 0.4) is 0 Å². The van der Waals surface area contributed by atoms with Crippen LogP contribution in [0.15, 0.2) is 55.4 Å². The van der Waals surface area contributed by atoms with Crippen molar-refractivity contribution in [3.8, 4) is 5.75 Å². The quantitative estimate of drug-likeness (QED) is 0.332. The van der Waals surface area contributed by atoms with Crippen molar-refractivity contribution in [2.24, 2.45) is 0 Å². The Balaban J connectivity index is 1.44. The molecule has 3 aromatic rings. The molecule has 10 nitrogen and oxygen atoms in total. The SMILES string of the molecule is C=CC(=O)Nc1cc(Nc2cc(N3OCC[C@@H]3c3cccc(F)c3Cl)ncn2)c(OC)cc1N1CCN(CC)CC1. The summed E-state index contributed by atoms with van der Waals surface area (Å²) in [6.07, 6.45) is 3.27. The first-order valence-corrected chi connectivity index (χ1v) is 13.9. The molecule has 2 fully saturated rings. The number of rotatable bonds is 9. The third-order valence-electron chi connectivity index (χ3n) is 7.31. The van der Waals surface area contributed by atoms with Gasteiger partial charge in [-0.3, -0.25) is 9.63 Å². The number of nitrogens with one attached hydrogen (secondary N) is 2. The molecular weight excluding hydrogens is 549 g/mol. The van der Waals surface area contributed by atoms with Crippen molar-refractivity contribution in [2.75, 3.05) is 67.0 Å². The molecule has 12 heteroatoms. The molecule has 0 bridgehead atoms. The van der Waals surface area contributed by atoms with Crippen molar-refractivity contribution >= 4 is 46.2 Å². The number of likely N-dealkylation sites (N-methyl/N-ethyl adjacent to an activating group) is 1. The first-order chi connectivity index (χ1) is 19.9. The van der Waals surface area contributed by atoms with Gasteiger partial charge in [-0.1, -0.05) is 37.2 Å². The first-order valence-electron chi connectivity index (χ1n) is 13.5. The molecule has 3 heterocycles. The molecule has 5 rings (SSSR count). The number of hydrogen-bond acceptors (Lipinski definition) is 9. The molecule has 41 heavy (non-hydrogen) atoms. The number of carbonyl (C=O) groups excluding carboxylic acids is 1. The van der Waals surface area contributed by atoms with Gasteiger partial charge < -0.3 is 25.2 Å². The van der Waals surface area contributed by atoms with Crippen molar-refractivity contribution < 1.29 is 18.8 Å². The van der Waals surface area contributed by atoms with Gasteiger partial charge >= 0.3 is 0 Å². The van der Waals surface area contributed by atoms with E-state index >= 15 is 0 Å². The summed E-state index contributed by atoms with van der Waals surface area (Å²) >= 11 is 6.28. The standard InChI is InChI=1S/C29H33ClFN7O3/c1-4-28(39)35-21-15-22(25(40-3)16-24(21)37-12-10-36(5-2)11-13-37)34-26-17-27(33-18-32-26)38-23(9-14-41-38)19-7-6-8-20(31)29(19)30/h4,6-8,15-18,23H,1,5,9-14H2,2-3H3,(H,35,39)(H,32,33,34)/t23-/m1/s1. The number of amides is 1. The number of ether oxygens (including phenoxy) is 1. The van der Waals surface area contributed by atoms with Crippen molar-refractivity contribution in [3.05, 3.63) is 71.8 Å². The van der Waals surface area contributed by atoms with Gasteiger partial charge in [-0.15, -0.1) is 0 Å². The lowest BCUT2D eigenvalue weighted by atomic mass is 10.0. The second-order valence-corrected chi connectivity index (χ2v) is 10.1. The monoisotopic (exact) mass is 581 g/mol. The Hall–Kier alpha value is -3.93. The highest BCUT2D eigenvalue weighted by molar-refractivity contribution is 6.31. The Morgan fingerprint density at radius 3 is 2.76 bits per heavy atom. The molecule has 2 saturated heterocycles. The fraction of sp³-hybridized carbons (Fsp3) is 0.345. The number of carbonyl (C=O) groups is 1. The number of piperazine rings is 1. The molecule has 1 atom stereocenters. The zero-order valence-electron chi connectivity index (χ0n) is 23.1. The lowest BCUT2D eigenvalue weighted by Crippen LogP contribution is -2.46. The van der Waals surface area contributed by atoms with Gasteiger partial charge in [-0.25, -0.2) is 19.4 Å². The summed E-state index contributed by atoms with van der Waals surface area (Å²) in [7, 11) is 1.60. The van der Waals surface area contributed by atoms with Gasteiger partial charge in [0.25, 0.3) is 0 Å². The van der Waals surface area contributed by atoms with Crippen LogP contribution in [0.25, 0.3) is 0 Å². The number of hydrogen-bond donors (Lipinski definition) is 2. The van der Waals surface area contributed by atoms with Gasteiger partial charge in [0.15, 0.2) is 5.82 Å². The number of nitrogens with zero attached hydrogens (tertiary/aromatic N) is 5. The summed E-state index contributed by atoms with van der Waals surface area (Å²) in [6.45, 7) is 10.7. The first kappa shape index (κ1) is 28.6. The molecule has 0 unspecified atom stereocenters. The highest BCUT2D eigenvalue weighted by Gasteiger charge is 2.31. The van der Waals surface area contributed by atoms with E-state index in [1.54, 1.807) is 30.4 Å². The molecule has 2 aliphatic rings. The van der Waals surface area contributed by atoms with Crippen LogP contribution in [0.4, 0.5) is 33.1 Å². The summed E-state index contributed by atoms with van der Waals surface area (Å²) in [5.41, 5.74) is 2.71. The van der Waals surface area contributed by atoms with E-state index < -0.39 is 5.82 Å². The van der Waals surface area contributed by atoms with E-state index in [4.69, 9.17) is 21.2 Å². The number of anilines is 5. The molecule has 0 radical (unpaired) electrons. The van der Waals surface area contributed by atoms with Crippen molar-refractivity contribution in [3.63, 3.8) is 0 Å². The highest BCUT2D eigenvalue weighted by Crippen LogP contribution is 2.41. The summed E-state index contributed by atoms with van der Waals surface area (Å²) in [5, 5.41) is 7.92. The van der Waals surface area contributed by atoms with Crippen molar-refractivity contribution in [1.29, 1.82) is 0 Å². The number of halogens is 2. The second-order valence-electron chi connectivity index (χ2n) is 9.68. The summed E-state index contributed by atoms with van der Waals surface area (Å²) < 4.78 is 19.9. The van der Waals surface area contributed by atoms with Gasteiger partial charge in [0, 0.05) is 44.7 Å². The van der Waals surface area contributed by atoms with Gasteiger partial charge in [0.2, 0.25) is 5.91 Å². The van der Waals surface area contributed by atoms with Crippen molar-refractivity contribution in [2.45, 2.75) is 19.4 Å². The second kappa shape index (κ2) is 12.7. The zero-order chi connectivity index (χ0) is 28.9. The maximum Gasteiger partial charge on any atom is 0.247 e. The van der Waals surface area contributed by atoms with E-state index in [0.29, 0.717) is 47.4 Å². The predicted octanol–water partition coefficient (Wildman–Crippen LogP) is 5.17. The maximum absolute atomic E-state index is 14.2. The van der Waals surface area contributed by atoms with Crippen LogP contribution in [-0.2, 0) is 9.63 Å². The van der Waals surface area contributed by atoms with Gasteiger partial charge in [-0.05, 0) is 30.3 Å². The number of aromatic nitrogens is 2. The Morgan fingerprint density at radius 1 is 1.22 bits per heavy atom. The average Bonchev–Trinajstić information content (AvgIpc) is 3.49. The van der Waals surface area contributed by atoms with E-state index in [1.807, 2.05) is 12.1 Å². The van der Waals surface area contributed by atoms with E-state index in [9.17, 15) is 9.18 Å². The molecule has 2 N–H and O–H groups in total. The van der Waals surface area contributed by atoms with Crippen LogP contribution in [0.1, 0.15) is 24.9 Å². The lowest BCUT2D eigenvalue weighted by Gasteiger charge is -2.36. The topological polar surface area (TPSA) is 95.1 Å². The minimum atomic E-state index is -0.483. The fourth-order valence-corrected chi connectivity index (χ4v) is 5.37. The van der Waals surface area contributed by atoms with E-state index in [0.717, 1.165) is 38.4 Å². The smallest absolute Gasteiger partial charge is 0.247 e. The summed E-state index contributed by atoms with van der Waals surface area (Å²) in [5.74, 6) is 0.736. The largest absolute Gasteiger partial charge is 0.494 e. The van der Waals surface area contributed by atoms with Gasteiger partial charge in [0.05, 0.1) is 41.8 Å². The molecule has 0 saturated carbocycles. The van der Waals surface area contributed by atoms with E-state index in [1.165, 1.54) is 18.5 Å². The molecule has 1 aromatic heterocycles. The summed E-state index contributed by atoms with van der Waals surface area (Å²) in [4.78, 5) is 31.6. The Labute approximate surface area is 243 Å². The Bertz CT molecular complexity index is 1420. The number of methoxy groups -OCH3 is 1. The van der Waals surface area contributed by atoms with Crippen LogP contribution in [0.5, 0.6) is 5.75 Å². The Morgan fingerprint density at radius 2 is 2.02 bits per heavy atom. The minimum absolute atomic E-state index is 0.0652. The molecule has 0 spiro atoms. The molecule has 1 amide bonds. The molecular formula is C29H33ClFN7O3.